The molecule has 2 rings (SSSR count). The molecule has 1 heterocycles. The summed E-state index contributed by atoms with van der Waals surface area (Å²) in [7, 11) is 1.40. The number of anilines is 1. The van der Waals surface area contributed by atoms with Crippen LogP contribution in [-0.4, -0.2) is 32.2 Å². The zero-order valence-corrected chi connectivity index (χ0v) is 10.1. The number of para-hydroxylation sites is 1. The Balaban J connectivity index is 2.27. The summed E-state index contributed by atoms with van der Waals surface area (Å²) >= 11 is 0. The van der Waals surface area contributed by atoms with E-state index in [-0.39, 0.29) is 12.0 Å². The minimum atomic E-state index is -0.292. The van der Waals surface area contributed by atoms with Crippen molar-refractivity contribution in [1.82, 2.24) is 0 Å². The van der Waals surface area contributed by atoms with Gasteiger partial charge in [-0.1, -0.05) is 12.1 Å². The molecule has 0 bridgehead atoms. The SMILES string of the molecule is COC(=O)c1ccccc1N1CCCC(N)C1. The second kappa shape index (κ2) is 5.19. The fourth-order valence-corrected chi connectivity index (χ4v) is 2.26. The molecule has 0 amide bonds. The van der Waals surface area contributed by atoms with Crippen LogP contribution in [0.5, 0.6) is 0 Å². The quantitative estimate of drug-likeness (QED) is 0.786. The Morgan fingerprint density at radius 1 is 1.47 bits per heavy atom. The van der Waals surface area contributed by atoms with Crippen molar-refractivity contribution in [1.29, 1.82) is 0 Å². The van der Waals surface area contributed by atoms with Crippen LogP contribution in [0.4, 0.5) is 5.69 Å². The van der Waals surface area contributed by atoms with Crippen LogP contribution in [0.2, 0.25) is 0 Å². The summed E-state index contributed by atoms with van der Waals surface area (Å²) in [6.45, 7) is 1.75. The van der Waals surface area contributed by atoms with Crippen molar-refractivity contribution in [3.63, 3.8) is 0 Å². The van der Waals surface area contributed by atoms with Crippen molar-refractivity contribution in [3.05, 3.63) is 29.8 Å². The molecule has 1 aliphatic heterocycles. The minimum Gasteiger partial charge on any atom is -0.465 e. The van der Waals surface area contributed by atoms with Gasteiger partial charge in [-0.2, -0.15) is 0 Å². The second-order valence-electron chi connectivity index (χ2n) is 4.36. The van der Waals surface area contributed by atoms with Crippen LogP contribution >= 0.6 is 0 Å². The number of carbonyl (C=O) groups is 1. The summed E-state index contributed by atoms with van der Waals surface area (Å²) in [5.74, 6) is -0.292. The molecule has 17 heavy (non-hydrogen) atoms. The van der Waals surface area contributed by atoms with Crippen molar-refractivity contribution in [2.45, 2.75) is 18.9 Å². The summed E-state index contributed by atoms with van der Waals surface area (Å²) in [6.07, 6.45) is 2.12. The fourth-order valence-electron chi connectivity index (χ4n) is 2.26. The number of ether oxygens (including phenoxy) is 1. The minimum absolute atomic E-state index is 0.189. The van der Waals surface area contributed by atoms with E-state index in [4.69, 9.17) is 10.5 Å². The molecule has 4 nitrogen and oxygen atoms in total. The number of hydrogen-bond acceptors (Lipinski definition) is 4. The third-order valence-corrected chi connectivity index (χ3v) is 3.11. The van der Waals surface area contributed by atoms with Gasteiger partial charge >= 0.3 is 5.97 Å². The van der Waals surface area contributed by atoms with Crippen LogP contribution in [0.3, 0.4) is 0 Å². The van der Waals surface area contributed by atoms with Gasteiger partial charge < -0.3 is 15.4 Å². The van der Waals surface area contributed by atoms with Crippen LogP contribution < -0.4 is 10.6 Å². The number of methoxy groups -OCH3 is 1. The first-order valence-electron chi connectivity index (χ1n) is 5.90. The molecule has 1 fully saturated rings. The average molecular weight is 234 g/mol. The Morgan fingerprint density at radius 2 is 2.24 bits per heavy atom. The lowest BCUT2D eigenvalue weighted by molar-refractivity contribution is 0.0601. The van der Waals surface area contributed by atoms with E-state index in [9.17, 15) is 4.79 Å². The van der Waals surface area contributed by atoms with Gasteiger partial charge in [-0.25, -0.2) is 4.79 Å². The highest BCUT2D eigenvalue weighted by Crippen LogP contribution is 2.24. The number of rotatable bonds is 2. The van der Waals surface area contributed by atoms with E-state index < -0.39 is 0 Å². The maximum atomic E-state index is 11.7. The van der Waals surface area contributed by atoms with E-state index in [0.29, 0.717) is 5.56 Å². The predicted octanol–water partition coefficient (Wildman–Crippen LogP) is 1.40. The van der Waals surface area contributed by atoms with Gasteiger partial charge in [0.2, 0.25) is 0 Å². The highest BCUT2D eigenvalue weighted by atomic mass is 16.5. The molecule has 1 unspecified atom stereocenters. The second-order valence-corrected chi connectivity index (χ2v) is 4.36. The highest BCUT2D eigenvalue weighted by molar-refractivity contribution is 5.95. The first-order chi connectivity index (χ1) is 8.22. The van der Waals surface area contributed by atoms with Gasteiger partial charge in [0.25, 0.3) is 0 Å². The molecule has 1 aliphatic rings. The van der Waals surface area contributed by atoms with Gasteiger partial charge in [0.1, 0.15) is 0 Å². The van der Waals surface area contributed by atoms with E-state index in [1.54, 1.807) is 6.07 Å². The summed E-state index contributed by atoms with van der Waals surface area (Å²) < 4.78 is 4.80. The van der Waals surface area contributed by atoms with Gasteiger partial charge in [-0.15, -0.1) is 0 Å². The summed E-state index contributed by atoms with van der Waals surface area (Å²) in [5, 5.41) is 0. The topological polar surface area (TPSA) is 55.6 Å². The van der Waals surface area contributed by atoms with Crippen LogP contribution in [-0.2, 0) is 4.74 Å². The van der Waals surface area contributed by atoms with E-state index in [1.807, 2.05) is 18.2 Å². The largest absolute Gasteiger partial charge is 0.465 e. The lowest BCUT2D eigenvalue weighted by Gasteiger charge is -2.33. The monoisotopic (exact) mass is 234 g/mol. The fraction of sp³-hybridized carbons (Fsp3) is 0.462. The van der Waals surface area contributed by atoms with E-state index in [2.05, 4.69) is 4.90 Å². The van der Waals surface area contributed by atoms with Gasteiger partial charge in [0.05, 0.1) is 18.4 Å². The molecular formula is C13H18N2O2. The van der Waals surface area contributed by atoms with Gasteiger partial charge in [-0.3, -0.25) is 0 Å². The molecule has 0 saturated carbocycles. The smallest absolute Gasteiger partial charge is 0.339 e. The van der Waals surface area contributed by atoms with Crippen LogP contribution in [0, 0.1) is 0 Å². The van der Waals surface area contributed by atoms with Crippen LogP contribution in [0.15, 0.2) is 24.3 Å². The maximum absolute atomic E-state index is 11.7. The van der Waals surface area contributed by atoms with E-state index in [0.717, 1.165) is 31.6 Å². The summed E-state index contributed by atoms with van der Waals surface area (Å²) in [4.78, 5) is 13.8. The molecule has 1 aromatic carbocycles. The molecule has 4 heteroatoms. The Labute approximate surface area is 101 Å². The number of esters is 1. The van der Waals surface area contributed by atoms with Gasteiger partial charge in [0.15, 0.2) is 0 Å². The molecule has 2 N–H and O–H groups in total. The molecule has 0 aliphatic carbocycles. The Bertz CT molecular complexity index is 406. The van der Waals surface area contributed by atoms with E-state index in [1.165, 1.54) is 7.11 Å². The Kier molecular flexibility index (Phi) is 3.64. The molecular weight excluding hydrogens is 216 g/mol. The number of hydrogen-bond donors (Lipinski definition) is 1. The third-order valence-electron chi connectivity index (χ3n) is 3.11. The number of nitrogens with zero attached hydrogens (tertiary/aromatic N) is 1. The van der Waals surface area contributed by atoms with Crippen molar-refractivity contribution < 1.29 is 9.53 Å². The van der Waals surface area contributed by atoms with Crippen LogP contribution in [0.25, 0.3) is 0 Å². The zero-order valence-electron chi connectivity index (χ0n) is 10.1. The van der Waals surface area contributed by atoms with Crippen LogP contribution in [0.1, 0.15) is 23.2 Å². The third kappa shape index (κ3) is 2.58. The van der Waals surface area contributed by atoms with Crippen molar-refractivity contribution >= 4 is 11.7 Å². The van der Waals surface area contributed by atoms with Gasteiger partial charge in [-0.05, 0) is 25.0 Å². The first kappa shape index (κ1) is 11.9. The van der Waals surface area contributed by atoms with E-state index >= 15 is 0 Å². The number of benzene rings is 1. The number of carbonyl (C=O) groups excluding carboxylic acids is 1. The van der Waals surface area contributed by atoms with Crippen molar-refractivity contribution in [2.24, 2.45) is 5.73 Å². The molecule has 1 saturated heterocycles. The summed E-state index contributed by atoms with van der Waals surface area (Å²) in [6, 6.07) is 7.71. The first-order valence-corrected chi connectivity index (χ1v) is 5.90. The molecule has 0 spiro atoms. The highest BCUT2D eigenvalue weighted by Gasteiger charge is 2.21. The molecule has 1 aromatic rings. The molecule has 92 valence electrons. The van der Waals surface area contributed by atoms with Gasteiger partial charge in [0, 0.05) is 19.1 Å². The number of piperidine rings is 1. The predicted molar refractivity (Wildman–Crippen MR) is 67.2 cm³/mol. The average Bonchev–Trinajstić information content (AvgIpc) is 2.38. The van der Waals surface area contributed by atoms with Crippen molar-refractivity contribution in [2.75, 3.05) is 25.1 Å². The molecule has 0 aromatic heterocycles. The lowest BCUT2D eigenvalue weighted by Crippen LogP contribution is -2.43. The normalized spacial score (nSPS) is 20.1. The Hall–Kier alpha value is -1.55. The number of nitrogens with two attached hydrogens (primary N) is 1. The molecule has 1 atom stereocenters. The Morgan fingerprint density at radius 3 is 2.94 bits per heavy atom. The lowest BCUT2D eigenvalue weighted by atomic mass is 10.0. The maximum Gasteiger partial charge on any atom is 0.339 e. The van der Waals surface area contributed by atoms with Crippen molar-refractivity contribution in [3.8, 4) is 0 Å². The molecule has 0 radical (unpaired) electrons. The summed E-state index contributed by atoms with van der Waals surface area (Å²) in [5.41, 5.74) is 7.50. The standard InChI is InChI=1S/C13H18N2O2/c1-17-13(16)11-6-2-3-7-12(11)15-8-4-5-10(14)9-15/h2-3,6-7,10H,4-5,8-9,14H2,1H3. The zero-order chi connectivity index (χ0) is 12.3.